The standard InChI is InChI=1S/C12H13N7O4/c13-16-11-10(19(21)22)12(15-7-14-11)18-17-9(20)6-23-8-4-2-1-3-5-8/h1-5,7H,6,13H2,(H,17,20)(H2,14,15,16,18). The summed E-state index contributed by atoms with van der Waals surface area (Å²) >= 11 is 0. The lowest BCUT2D eigenvalue weighted by atomic mass is 10.3. The van der Waals surface area contributed by atoms with Gasteiger partial charge in [-0.3, -0.25) is 25.8 Å². The number of para-hydroxylation sites is 1. The van der Waals surface area contributed by atoms with E-state index < -0.39 is 16.5 Å². The van der Waals surface area contributed by atoms with Crippen molar-refractivity contribution in [3.63, 3.8) is 0 Å². The van der Waals surface area contributed by atoms with Crippen molar-refractivity contribution in [2.75, 3.05) is 17.5 Å². The van der Waals surface area contributed by atoms with Crippen LogP contribution in [-0.2, 0) is 4.79 Å². The molecule has 5 N–H and O–H groups in total. The topological polar surface area (TPSA) is 157 Å². The molecule has 1 aromatic heterocycles. The van der Waals surface area contributed by atoms with Crippen molar-refractivity contribution in [1.82, 2.24) is 15.4 Å². The van der Waals surface area contributed by atoms with Crippen LogP contribution in [0, 0.1) is 10.1 Å². The van der Waals surface area contributed by atoms with Gasteiger partial charge in [0.25, 0.3) is 5.91 Å². The van der Waals surface area contributed by atoms with E-state index in [9.17, 15) is 14.9 Å². The summed E-state index contributed by atoms with van der Waals surface area (Å²) in [5.41, 5.74) is 6.16. The second-order valence-corrected chi connectivity index (χ2v) is 4.10. The minimum Gasteiger partial charge on any atom is -0.484 e. The maximum atomic E-state index is 11.7. The number of amides is 1. The third kappa shape index (κ3) is 4.25. The van der Waals surface area contributed by atoms with Crippen molar-refractivity contribution >= 4 is 23.2 Å². The zero-order valence-corrected chi connectivity index (χ0v) is 11.7. The van der Waals surface area contributed by atoms with Gasteiger partial charge in [0, 0.05) is 0 Å². The number of hydrogen-bond donors (Lipinski definition) is 4. The number of nitrogen functional groups attached to an aromatic ring is 1. The van der Waals surface area contributed by atoms with Gasteiger partial charge >= 0.3 is 5.69 Å². The van der Waals surface area contributed by atoms with Gasteiger partial charge in [0.1, 0.15) is 12.1 Å². The largest absolute Gasteiger partial charge is 0.484 e. The lowest BCUT2D eigenvalue weighted by Gasteiger charge is -2.10. The quantitative estimate of drug-likeness (QED) is 0.317. The summed E-state index contributed by atoms with van der Waals surface area (Å²) < 4.78 is 5.23. The Labute approximate surface area is 130 Å². The van der Waals surface area contributed by atoms with E-state index in [1.807, 2.05) is 6.07 Å². The molecule has 0 fully saturated rings. The molecule has 2 rings (SSSR count). The van der Waals surface area contributed by atoms with E-state index in [4.69, 9.17) is 10.6 Å². The Kier molecular flexibility index (Phi) is 5.20. The lowest BCUT2D eigenvalue weighted by molar-refractivity contribution is -0.383. The van der Waals surface area contributed by atoms with Gasteiger partial charge in [-0.05, 0) is 12.1 Å². The van der Waals surface area contributed by atoms with Crippen molar-refractivity contribution in [3.05, 3.63) is 46.8 Å². The summed E-state index contributed by atoms with van der Waals surface area (Å²) in [4.78, 5) is 29.3. The van der Waals surface area contributed by atoms with Crippen LogP contribution in [-0.4, -0.2) is 27.4 Å². The van der Waals surface area contributed by atoms with E-state index in [2.05, 4.69) is 26.2 Å². The molecule has 0 atom stereocenters. The van der Waals surface area contributed by atoms with Crippen LogP contribution in [0.4, 0.5) is 17.3 Å². The highest BCUT2D eigenvalue weighted by Crippen LogP contribution is 2.27. The number of nitrogens with two attached hydrogens (primary N) is 1. The maximum absolute atomic E-state index is 11.7. The molecule has 0 aliphatic carbocycles. The molecule has 2 aromatic rings. The Morgan fingerprint density at radius 2 is 1.96 bits per heavy atom. The van der Waals surface area contributed by atoms with Crippen LogP contribution in [0.3, 0.4) is 0 Å². The molecular formula is C12H13N7O4. The van der Waals surface area contributed by atoms with E-state index in [0.29, 0.717) is 5.75 Å². The number of nitrogens with one attached hydrogen (secondary N) is 3. The minimum atomic E-state index is -0.732. The molecule has 0 radical (unpaired) electrons. The zero-order chi connectivity index (χ0) is 16.7. The van der Waals surface area contributed by atoms with E-state index >= 15 is 0 Å². The Hall–Kier alpha value is -3.47. The summed E-state index contributed by atoms with van der Waals surface area (Å²) in [5, 5.41) is 11.0. The van der Waals surface area contributed by atoms with Crippen LogP contribution in [0.15, 0.2) is 36.7 Å². The monoisotopic (exact) mass is 319 g/mol. The second kappa shape index (κ2) is 7.51. The van der Waals surface area contributed by atoms with Gasteiger partial charge in [0.2, 0.25) is 11.6 Å². The molecule has 0 saturated heterocycles. The van der Waals surface area contributed by atoms with E-state index in [-0.39, 0.29) is 18.2 Å². The zero-order valence-electron chi connectivity index (χ0n) is 11.7. The van der Waals surface area contributed by atoms with Gasteiger partial charge in [-0.15, -0.1) is 0 Å². The summed E-state index contributed by atoms with van der Waals surface area (Å²) in [6.45, 7) is -0.280. The molecule has 1 aromatic carbocycles. The number of aromatic nitrogens is 2. The minimum absolute atomic E-state index is 0.192. The first-order chi connectivity index (χ1) is 11.1. The fraction of sp³-hybridized carbons (Fsp3) is 0.0833. The highest BCUT2D eigenvalue weighted by molar-refractivity contribution is 5.80. The molecule has 0 aliphatic rings. The van der Waals surface area contributed by atoms with Gasteiger partial charge in [-0.2, -0.15) is 0 Å². The highest BCUT2D eigenvalue weighted by Gasteiger charge is 2.22. The lowest BCUT2D eigenvalue weighted by Crippen LogP contribution is -2.34. The smallest absolute Gasteiger partial charge is 0.356 e. The first kappa shape index (κ1) is 15.9. The molecule has 0 saturated carbocycles. The molecular weight excluding hydrogens is 306 g/mol. The van der Waals surface area contributed by atoms with Crippen molar-refractivity contribution in [1.29, 1.82) is 0 Å². The summed E-state index contributed by atoms with van der Waals surface area (Å²) in [7, 11) is 0. The SMILES string of the molecule is NNc1ncnc(NNC(=O)COc2ccccc2)c1[N+](=O)[O-]. The molecule has 11 heteroatoms. The predicted molar refractivity (Wildman–Crippen MR) is 80.2 cm³/mol. The van der Waals surface area contributed by atoms with E-state index in [0.717, 1.165) is 6.33 Å². The third-order valence-electron chi connectivity index (χ3n) is 2.58. The number of nitrogens with zero attached hydrogens (tertiary/aromatic N) is 3. The average molecular weight is 319 g/mol. The van der Waals surface area contributed by atoms with Crippen LogP contribution in [0.25, 0.3) is 0 Å². The molecule has 0 spiro atoms. The van der Waals surface area contributed by atoms with Crippen LogP contribution < -0.4 is 26.9 Å². The number of anilines is 2. The van der Waals surface area contributed by atoms with Gasteiger partial charge in [-0.1, -0.05) is 18.2 Å². The Balaban J connectivity index is 1.95. The molecule has 1 amide bonds. The van der Waals surface area contributed by atoms with Crippen LogP contribution in [0.1, 0.15) is 0 Å². The summed E-state index contributed by atoms with van der Waals surface area (Å²) in [5.74, 6) is 4.70. The first-order valence-electron chi connectivity index (χ1n) is 6.30. The Morgan fingerprint density at radius 3 is 2.61 bits per heavy atom. The van der Waals surface area contributed by atoms with Crippen LogP contribution in [0.2, 0.25) is 0 Å². The third-order valence-corrected chi connectivity index (χ3v) is 2.58. The highest BCUT2D eigenvalue weighted by atomic mass is 16.6. The number of benzene rings is 1. The summed E-state index contributed by atoms with van der Waals surface area (Å²) in [6.07, 6.45) is 1.05. The number of carbonyl (C=O) groups excluding carboxylic acids is 1. The van der Waals surface area contributed by atoms with Crippen molar-refractivity contribution < 1.29 is 14.5 Å². The number of carbonyl (C=O) groups is 1. The van der Waals surface area contributed by atoms with Crippen molar-refractivity contribution in [2.45, 2.75) is 0 Å². The fourth-order valence-electron chi connectivity index (χ4n) is 1.58. The number of rotatable bonds is 7. The molecule has 120 valence electrons. The Morgan fingerprint density at radius 1 is 1.26 bits per heavy atom. The number of hydrazine groups is 2. The predicted octanol–water partition coefficient (Wildman–Crippen LogP) is 0.193. The molecule has 23 heavy (non-hydrogen) atoms. The number of ether oxygens (including phenoxy) is 1. The van der Waals surface area contributed by atoms with Gasteiger partial charge in [0.15, 0.2) is 6.61 Å². The number of hydrogen-bond acceptors (Lipinski definition) is 9. The molecule has 0 bridgehead atoms. The van der Waals surface area contributed by atoms with Crippen molar-refractivity contribution in [2.24, 2.45) is 5.84 Å². The van der Waals surface area contributed by atoms with Gasteiger partial charge in [0.05, 0.1) is 4.92 Å². The van der Waals surface area contributed by atoms with Crippen LogP contribution in [0.5, 0.6) is 5.75 Å². The van der Waals surface area contributed by atoms with Gasteiger partial charge < -0.3 is 10.2 Å². The van der Waals surface area contributed by atoms with Crippen molar-refractivity contribution in [3.8, 4) is 5.75 Å². The molecule has 0 aliphatic heterocycles. The van der Waals surface area contributed by atoms with Gasteiger partial charge in [-0.25, -0.2) is 15.8 Å². The summed E-state index contributed by atoms with van der Waals surface area (Å²) in [6, 6.07) is 8.71. The Bertz CT molecular complexity index is 695. The maximum Gasteiger partial charge on any atom is 0.356 e. The molecule has 11 nitrogen and oxygen atoms in total. The molecule has 1 heterocycles. The second-order valence-electron chi connectivity index (χ2n) is 4.10. The first-order valence-corrected chi connectivity index (χ1v) is 6.30. The molecule has 0 unspecified atom stereocenters. The average Bonchev–Trinajstić information content (AvgIpc) is 2.58. The number of nitro groups is 1. The van der Waals surface area contributed by atoms with E-state index in [1.165, 1.54) is 0 Å². The van der Waals surface area contributed by atoms with Crippen LogP contribution >= 0.6 is 0 Å². The van der Waals surface area contributed by atoms with E-state index in [1.54, 1.807) is 24.3 Å². The normalized spacial score (nSPS) is 9.78. The fourth-order valence-corrected chi connectivity index (χ4v) is 1.58.